The summed E-state index contributed by atoms with van der Waals surface area (Å²) in [6, 6.07) is 5.64. The summed E-state index contributed by atoms with van der Waals surface area (Å²) in [6.45, 7) is 3.68. The predicted octanol–water partition coefficient (Wildman–Crippen LogP) is 2.72. The first-order valence-electron chi connectivity index (χ1n) is 9.80. The van der Waals surface area contributed by atoms with Gasteiger partial charge in [-0.3, -0.25) is 14.6 Å². The van der Waals surface area contributed by atoms with E-state index in [9.17, 15) is 9.59 Å². The molecule has 3 N–H and O–H groups in total. The molecule has 30 heavy (non-hydrogen) atoms. The van der Waals surface area contributed by atoms with Crippen LogP contribution in [0.3, 0.4) is 0 Å². The minimum absolute atomic E-state index is 0.0874. The number of hydrogen-bond acceptors (Lipinski definition) is 7. The predicted molar refractivity (Wildman–Crippen MR) is 111 cm³/mol. The number of anilines is 2. The molecule has 8 nitrogen and oxygen atoms in total. The van der Waals surface area contributed by atoms with E-state index in [1.807, 2.05) is 19.1 Å². The number of rotatable bonds is 5. The molecule has 2 fully saturated rings. The highest BCUT2D eigenvalue weighted by Crippen LogP contribution is 2.80. The molecule has 2 aliphatic carbocycles. The second-order valence-electron chi connectivity index (χ2n) is 8.16. The number of aromatic nitrogens is 3. The van der Waals surface area contributed by atoms with E-state index >= 15 is 0 Å². The van der Waals surface area contributed by atoms with Gasteiger partial charge in [-0.15, -0.1) is 0 Å². The Hall–Kier alpha value is -3.55. The lowest BCUT2D eigenvalue weighted by atomic mass is 10.0. The lowest BCUT2D eigenvalue weighted by Crippen LogP contribution is -2.23. The molecule has 3 aromatic heterocycles. The molecule has 1 unspecified atom stereocenters. The number of carbonyl (C=O) groups is 2. The van der Waals surface area contributed by atoms with Crippen LogP contribution in [0.15, 0.2) is 36.8 Å². The lowest BCUT2D eigenvalue weighted by Gasteiger charge is -2.13. The first-order valence-corrected chi connectivity index (χ1v) is 9.80. The number of amides is 1. The molecule has 0 aliphatic heterocycles. The molecule has 0 bridgehead atoms. The molecule has 8 heteroatoms. The Morgan fingerprint density at radius 2 is 2.17 bits per heavy atom. The zero-order valence-electron chi connectivity index (χ0n) is 16.7. The number of nitrogens with zero attached hydrogens (tertiary/aromatic N) is 3. The molecule has 3 aromatic rings. The van der Waals surface area contributed by atoms with Gasteiger partial charge < -0.3 is 15.8 Å². The molecule has 0 radical (unpaired) electrons. The van der Waals surface area contributed by atoms with Crippen molar-refractivity contribution in [1.29, 1.82) is 0 Å². The molecule has 0 saturated heterocycles. The van der Waals surface area contributed by atoms with E-state index in [2.05, 4.69) is 20.3 Å². The Balaban J connectivity index is 1.38. The standard InChI is InChI=1S/C22H21N5O3/c1-11-3-4-24-8-14(11)17-5-13-6-18(25-9-15(13)20(23)26-17)27-21(29)19-16-7-22(16,19)10-30-12(2)28/h3-6,8-9,16,19H,7,10H2,1-2H3,(H2,23,26)(H,25,27,29)/t16?,19-,22+/m1/s1. The SMILES string of the molecule is CC(=O)OC[C@@]12CC1[C@@H]2C(=O)Nc1cc2cc(-c3cnccc3C)nc(N)c2cn1. The third-order valence-electron chi connectivity index (χ3n) is 6.23. The van der Waals surface area contributed by atoms with Gasteiger partial charge in [0.25, 0.3) is 0 Å². The maximum Gasteiger partial charge on any atom is 0.302 e. The van der Waals surface area contributed by atoms with Crippen molar-refractivity contribution in [1.82, 2.24) is 15.0 Å². The monoisotopic (exact) mass is 403 g/mol. The van der Waals surface area contributed by atoms with Crippen molar-refractivity contribution in [2.24, 2.45) is 17.3 Å². The Morgan fingerprint density at radius 3 is 2.90 bits per heavy atom. The largest absolute Gasteiger partial charge is 0.465 e. The van der Waals surface area contributed by atoms with Gasteiger partial charge in [0.2, 0.25) is 5.91 Å². The average Bonchev–Trinajstić information content (AvgIpc) is 3.56. The van der Waals surface area contributed by atoms with Crippen LogP contribution in [0.5, 0.6) is 0 Å². The number of pyridine rings is 3. The summed E-state index contributed by atoms with van der Waals surface area (Å²) in [5.74, 6) is 0.613. The molecule has 1 amide bonds. The Morgan fingerprint density at radius 1 is 1.33 bits per heavy atom. The van der Waals surface area contributed by atoms with Crippen LogP contribution in [-0.2, 0) is 14.3 Å². The van der Waals surface area contributed by atoms with Crippen molar-refractivity contribution < 1.29 is 14.3 Å². The summed E-state index contributed by atoms with van der Waals surface area (Å²) in [4.78, 5) is 36.7. The van der Waals surface area contributed by atoms with Crippen LogP contribution < -0.4 is 11.1 Å². The minimum atomic E-state index is -0.317. The highest BCUT2D eigenvalue weighted by Gasteiger charge is 2.81. The quantitative estimate of drug-likeness (QED) is 0.628. The second-order valence-corrected chi connectivity index (χ2v) is 8.16. The normalized spacial score (nSPS) is 23.5. The molecule has 5 rings (SSSR count). The number of esters is 1. The summed E-state index contributed by atoms with van der Waals surface area (Å²) in [7, 11) is 0. The van der Waals surface area contributed by atoms with Crippen LogP contribution in [-0.4, -0.2) is 33.4 Å². The van der Waals surface area contributed by atoms with Crippen LogP contribution in [0.1, 0.15) is 18.9 Å². The molecular weight excluding hydrogens is 382 g/mol. The van der Waals surface area contributed by atoms with Gasteiger partial charge in [-0.1, -0.05) is 0 Å². The van der Waals surface area contributed by atoms with E-state index in [0.717, 1.165) is 34.0 Å². The zero-order chi connectivity index (χ0) is 21.0. The number of ether oxygens (including phenoxy) is 1. The van der Waals surface area contributed by atoms with Gasteiger partial charge in [-0.05, 0) is 48.4 Å². The fraction of sp³-hybridized carbons (Fsp3) is 0.318. The number of fused-ring (bicyclic) bond motifs is 2. The van der Waals surface area contributed by atoms with Crippen LogP contribution in [0.25, 0.3) is 22.0 Å². The first-order chi connectivity index (χ1) is 14.4. The highest BCUT2D eigenvalue weighted by molar-refractivity contribution is 5.99. The summed E-state index contributed by atoms with van der Waals surface area (Å²) in [5.41, 5.74) is 8.66. The van der Waals surface area contributed by atoms with E-state index in [1.165, 1.54) is 6.92 Å². The van der Waals surface area contributed by atoms with E-state index in [1.54, 1.807) is 24.7 Å². The first kappa shape index (κ1) is 18.5. The summed E-state index contributed by atoms with van der Waals surface area (Å²) >= 11 is 0. The molecule has 3 heterocycles. The number of nitrogen functional groups attached to an aromatic ring is 1. The van der Waals surface area contributed by atoms with E-state index in [4.69, 9.17) is 10.5 Å². The van der Waals surface area contributed by atoms with Crippen molar-refractivity contribution in [2.45, 2.75) is 20.3 Å². The lowest BCUT2D eigenvalue weighted by molar-refractivity contribution is -0.142. The summed E-state index contributed by atoms with van der Waals surface area (Å²) in [6.07, 6.45) is 6.04. The number of aryl methyl sites for hydroxylation is 1. The van der Waals surface area contributed by atoms with Gasteiger partial charge in [-0.2, -0.15) is 0 Å². The third kappa shape index (κ3) is 2.96. The van der Waals surface area contributed by atoms with Crippen molar-refractivity contribution in [2.75, 3.05) is 17.7 Å². The fourth-order valence-corrected chi connectivity index (χ4v) is 4.26. The molecule has 2 aliphatic rings. The smallest absolute Gasteiger partial charge is 0.302 e. The summed E-state index contributed by atoms with van der Waals surface area (Å²) in [5, 5.41) is 4.45. The number of hydrogen-bond donors (Lipinski definition) is 2. The Kier molecular flexibility index (Phi) is 3.99. The van der Waals surface area contributed by atoms with Crippen LogP contribution in [0, 0.1) is 24.2 Å². The maximum absolute atomic E-state index is 12.7. The van der Waals surface area contributed by atoms with Crippen LogP contribution in [0.2, 0.25) is 0 Å². The van der Waals surface area contributed by atoms with Crippen molar-refractivity contribution >= 4 is 34.3 Å². The van der Waals surface area contributed by atoms with E-state index < -0.39 is 0 Å². The van der Waals surface area contributed by atoms with Gasteiger partial charge >= 0.3 is 5.97 Å². The Labute approximate surface area is 172 Å². The maximum atomic E-state index is 12.7. The highest BCUT2D eigenvalue weighted by atomic mass is 16.5. The minimum Gasteiger partial charge on any atom is -0.465 e. The van der Waals surface area contributed by atoms with Crippen molar-refractivity contribution in [3.63, 3.8) is 0 Å². The molecular formula is C22H21N5O3. The number of carbonyl (C=O) groups excluding carboxylic acids is 2. The van der Waals surface area contributed by atoms with Gasteiger partial charge in [0.05, 0.1) is 18.2 Å². The average molecular weight is 403 g/mol. The molecule has 152 valence electrons. The van der Waals surface area contributed by atoms with Gasteiger partial charge in [0.1, 0.15) is 11.6 Å². The molecule has 2 saturated carbocycles. The number of nitrogens with one attached hydrogen (secondary N) is 1. The van der Waals surface area contributed by atoms with Crippen LogP contribution in [0.4, 0.5) is 11.6 Å². The second kappa shape index (κ2) is 6.48. The van der Waals surface area contributed by atoms with Crippen molar-refractivity contribution in [3.05, 3.63) is 42.4 Å². The molecule has 0 spiro atoms. The number of nitrogens with two attached hydrogens (primary N) is 1. The Bertz CT molecular complexity index is 1210. The molecule has 0 aromatic carbocycles. The van der Waals surface area contributed by atoms with E-state index in [-0.39, 0.29) is 23.2 Å². The van der Waals surface area contributed by atoms with Gasteiger partial charge in [0.15, 0.2) is 0 Å². The van der Waals surface area contributed by atoms with Gasteiger partial charge in [0, 0.05) is 41.9 Å². The fourth-order valence-electron chi connectivity index (χ4n) is 4.26. The van der Waals surface area contributed by atoms with E-state index in [0.29, 0.717) is 24.2 Å². The van der Waals surface area contributed by atoms with Crippen molar-refractivity contribution in [3.8, 4) is 11.3 Å². The zero-order valence-corrected chi connectivity index (χ0v) is 16.7. The topological polar surface area (TPSA) is 120 Å². The molecule has 3 atom stereocenters. The van der Waals surface area contributed by atoms with Crippen LogP contribution >= 0.6 is 0 Å². The third-order valence-corrected chi connectivity index (χ3v) is 6.23. The van der Waals surface area contributed by atoms with Gasteiger partial charge in [-0.25, -0.2) is 9.97 Å². The summed E-state index contributed by atoms with van der Waals surface area (Å²) < 4.78 is 5.12.